The summed E-state index contributed by atoms with van der Waals surface area (Å²) in [5, 5.41) is 12.5. The molecule has 0 atom stereocenters. The van der Waals surface area contributed by atoms with Gasteiger partial charge in [0.25, 0.3) is 0 Å². The maximum atomic E-state index is 8.58. The maximum Gasteiger partial charge on any atom is 0.158 e. The Morgan fingerprint density at radius 2 is 1.94 bits per heavy atom. The van der Waals surface area contributed by atoms with Crippen LogP contribution in [0.15, 0.2) is 30.6 Å². The van der Waals surface area contributed by atoms with Crippen molar-refractivity contribution >= 4 is 34.7 Å². The molecule has 0 amide bonds. The van der Waals surface area contributed by atoms with E-state index in [2.05, 4.69) is 15.3 Å². The number of halogens is 2. The number of aromatic nitrogens is 2. The first-order valence-corrected chi connectivity index (χ1v) is 5.39. The van der Waals surface area contributed by atoms with Crippen molar-refractivity contribution in [3.05, 3.63) is 46.3 Å². The quantitative estimate of drug-likeness (QED) is 0.903. The molecule has 6 heteroatoms. The van der Waals surface area contributed by atoms with Gasteiger partial charge in [-0.25, -0.2) is 9.97 Å². The molecule has 0 fully saturated rings. The van der Waals surface area contributed by atoms with Gasteiger partial charge in [-0.3, -0.25) is 0 Å². The predicted molar refractivity (Wildman–Crippen MR) is 66.5 cm³/mol. The van der Waals surface area contributed by atoms with E-state index in [1.807, 2.05) is 6.07 Å². The van der Waals surface area contributed by atoms with E-state index < -0.39 is 0 Å². The topological polar surface area (TPSA) is 61.6 Å². The predicted octanol–water partition coefficient (Wildman–Crippen LogP) is 3.40. The number of hydrogen-bond acceptors (Lipinski definition) is 4. The zero-order valence-electron chi connectivity index (χ0n) is 8.48. The molecule has 2 aromatic rings. The summed E-state index contributed by atoms with van der Waals surface area (Å²) in [7, 11) is 0. The lowest BCUT2D eigenvalue weighted by atomic mass is 10.3. The summed E-state index contributed by atoms with van der Waals surface area (Å²) >= 11 is 11.7. The molecular formula is C11H6Cl2N4. The van der Waals surface area contributed by atoms with Crippen LogP contribution >= 0.6 is 23.2 Å². The molecule has 0 saturated carbocycles. The monoisotopic (exact) mass is 264 g/mol. The fraction of sp³-hybridized carbons (Fsp3) is 0. The lowest BCUT2D eigenvalue weighted by molar-refractivity contribution is 1.16. The largest absolute Gasteiger partial charge is 0.339 e. The molecule has 0 radical (unpaired) electrons. The van der Waals surface area contributed by atoms with Crippen LogP contribution in [0.1, 0.15) is 5.69 Å². The van der Waals surface area contributed by atoms with Crippen LogP contribution in [-0.2, 0) is 0 Å². The average molecular weight is 265 g/mol. The Hall–Kier alpha value is -1.83. The zero-order valence-corrected chi connectivity index (χ0v) is 10.00. The molecular weight excluding hydrogens is 259 g/mol. The van der Waals surface area contributed by atoms with Crippen molar-refractivity contribution in [2.45, 2.75) is 0 Å². The van der Waals surface area contributed by atoms with Gasteiger partial charge in [0, 0.05) is 5.69 Å². The third kappa shape index (κ3) is 2.84. The van der Waals surface area contributed by atoms with E-state index in [0.29, 0.717) is 15.9 Å². The van der Waals surface area contributed by atoms with Gasteiger partial charge in [0.1, 0.15) is 11.9 Å². The van der Waals surface area contributed by atoms with Crippen molar-refractivity contribution in [1.82, 2.24) is 9.97 Å². The molecule has 0 aliphatic heterocycles. The number of nitrogens with one attached hydrogen (secondary N) is 1. The van der Waals surface area contributed by atoms with Gasteiger partial charge >= 0.3 is 0 Å². The van der Waals surface area contributed by atoms with Gasteiger partial charge in [-0.2, -0.15) is 5.26 Å². The molecule has 0 spiro atoms. The molecule has 17 heavy (non-hydrogen) atoms. The fourth-order valence-corrected chi connectivity index (χ4v) is 1.47. The highest BCUT2D eigenvalue weighted by Crippen LogP contribution is 2.26. The van der Waals surface area contributed by atoms with E-state index in [9.17, 15) is 0 Å². The Labute approximate surface area is 108 Å². The minimum atomic E-state index is 0.268. The molecule has 1 aromatic carbocycles. The third-order valence-electron chi connectivity index (χ3n) is 1.96. The first-order chi connectivity index (χ1) is 8.19. The minimum Gasteiger partial charge on any atom is -0.339 e. The van der Waals surface area contributed by atoms with E-state index in [0.717, 1.165) is 5.69 Å². The van der Waals surface area contributed by atoms with E-state index in [-0.39, 0.29) is 5.69 Å². The van der Waals surface area contributed by atoms with E-state index in [1.165, 1.54) is 12.4 Å². The molecule has 0 aliphatic carbocycles. The van der Waals surface area contributed by atoms with Gasteiger partial charge in [0.05, 0.1) is 22.4 Å². The van der Waals surface area contributed by atoms with Crippen LogP contribution in [0, 0.1) is 11.3 Å². The lowest BCUT2D eigenvalue weighted by Gasteiger charge is -2.05. The van der Waals surface area contributed by atoms with E-state index in [4.69, 9.17) is 28.5 Å². The van der Waals surface area contributed by atoms with Gasteiger partial charge in [-0.05, 0) is 18.2 Å². The summed E-state index contributed by atoms with van der Waals surface area (Å²) in [6.07, 6.45) is 2.86. The summed E-state index contributed by atoms with van der Waals surface area (Å²) in [6, 6.07) is 7.03. The van der Waals surface area contributed by atoms with Crippen LogP contribution in [0.3, 0.4) is 0 Å². The minimum absolute atomic E-state index is 0.268. The Bertz CT molecular complexity index is 575. The highest BCUT2D eigenvalue weighted by atomic mass is 35.5. The van der Waals surface area contributed by atoms with Gasteiger partial charge in [-0.1, -0.05) is 23.2 Å². The van der Waals surface area contributed by atoms with Crippen LogP contribution in [0.2, 0.25) is 10.0 Å². The van der Waals surface area contributed by atoms with Crippen molar-refractivity contribution < 1.29 is 0 Å². The second-order valence-corrected chi connectivity index (χ2v) is 3.97. The standard InChI is InChI=1S/C11H6Cl2N4/c12-9-2-1-7(3-10(9)13)17-11-6-15-8(4-14)5-16-11/h1-3,5-6H,(H,16,17). The number of nitrogens with zero attached hydrogens (tertiary/aromatic N) is 3. The lowest BCUT2D eigenvalue weighted by Crippen LogP contribution is -1.95. The Morgan fingerprint density at radius 3 is 2.53 bits per heavy atom. The first-order valence-electron chi connectivity index (χ1n) is 4.63. The van der Waals surface area contributed by atoms with Crippen LogP contribution in [0.25, 0.3) is 0 Å². The summed E-state index contributed by atoms with van der Waals surface area (Å²) in [4.78, 5) is 7.91. The second-order valence-electron chi connectivity index (χ2n) is 3.15. The molecule has 4 nitrogen and oxygen atoms in total. The van der Waals surface area contributed by atoms with Crippen LogP contribution < -0.4 is 5.32 Å². The van der Waals surface area contributed by atoms with E-state index >= 15 is 0 Å². The molecule has 1 aromatic heterocycles. The molecule has 0 aliphatic rings. The van der Waals surface area contributed by atoms with Crippen LogP contribution in [0.5, 0.6) is 0 Å². The Kier molecular flexibility index (Phi) is 3.43. The molecule has 0 saturated heterocycles. The number of anilines is 2. The van der Waals surface area contributed by atoms with Gasteiger partial charge < -0.3 is 5.32 Å². The average Bonchev–Trinajstić information content (AvgIpc) is 2.35. The van der Waals surface area contributed by atoms with Crippen molar-refractivity contribution in [2.75, 3.05) is 5.32 Å². The van der Waals surface area contributed by atoms with E-state index in [1.54, 1.807) is 18.2 Å². The normalized spacial score (nSPS) is 9.71. The third-order valence-corrected chi connectivity index (χ3v) is 2.70. The van der Waals surface area contributed by atoms with Crippen LogP contribution in [0.4, 0.5) is 11.5 Å². The summed E-state index contributed by atoms with van der Waals surface area (Å²) in [5.74, 6) is 0.530. The number of nitriles is 1. The van der Waals surface area contributed by atoms with Crippen molar-refractivity contribution in [3.8, 4) is 6.07 Å². The Morgan fingerprint density at radius 1 is 1.12 bits per heavy atom. The summed E-state index contributed by atoms with van der Waals surface area (Å²) < 4.78 is 0. The molecule has 84 valence electrons. The van der Waals surface area contributed by atoms with Gasteiger partial charge in [0.15, 0.2) is 5.69 Å². The first kappa shape index (κ1) is 11.6. The summed E-state index contributed by atoms with van der Waals surface area (Å²) in [6.45, 7) is 0. The smallest absolute Gasteiger partial charge is 0.158 e. The fourth-order valence-electron chi connectivity index (χ4n) is 1.17. The van der Waals surface area contributed by atoms with Crippen LogP contribution in [-0.4, -0.2) is 9.97 Å². The number of benzene rings is 1. The van der Waals surface area contributed by atoms with Gasteiger partial charge in [-0.15, -0.1) is 0 Å². The van der Waals surface area contributed by atoms with Crippen molar-refractivity contribution in [3.63, 3.8) is 0 Å². The molecule has 1 heterocycles. The number of rotatable bonds is 2. The molecule has 1 N–H and O–H groups in total. The highest BCUT2D eigenvalue weighted by Gasteiger charge is 2.01. The Balaban J connectivity index is 2.20. The van der Waals surface area contributed by atoms with Gasteiger partial charge in [0.2, 0.25) is 0 Å². The van der Waals surface area contributed by atoms with Crippen molar-refractivity contribution in [1.29, 1.82) is 5.26 Å². The van der Waals surface area contributed by atoms with Crippen molar-refractivity contribution in [2.24, 2.45) is 0 Å². The maximum absolute atomic E-state index is 8.58. The second kappa shape index (κ2) is 5.00. The highest BCUT2D eigenvalue weighted by molar-refractivity contribution is 6.42. The SMILES string of the molecule is N#Cc1cnc(Nc2ccc(Cl)c(Cl)c2)cn1. The molecule has 0 unspecified atom stereocenters. The molecule has 2 rings (SSSR count). The zero-order chi connectivity index (χ0) is 12.3. The summed E-state index contributed by atoms with van der Waals surface area (Å²) in [5.41, 5.74) is 1.02. The number of hydrogen-bond donors (Lipinski definition) is 1. The molecule has 0 bridgehead atoms.